The first kappa shape index (κ1) is 15.0. The highest BCUT2D eigenvalue weighted by Crippen LogP contribution is 2.22. The Morgan fingerprint density at radius 3 is 2.81 bits per heavy atom. The number of amides is 1. The van der Waals surface area contributed by atoms with Crippen LogP contribution >= 0.6 is 0 Å². The molecule has 0 saturated carbocycles. The van der Waals surface area contributed by atoms with Crippen LogP contribution in [0.2, 0.25) is 0 Å². The van der Waals surface area contributed by atoms with Gasteiger partial charge < -0.3 is 11.1 Å². The van der Waals surface area contributed by atoms with Crippen molar-refractivity contribution < 1.29 is 4.79 Å². The number of aromatic nitrogens is 1. The van der Waals surface area contributed by atoms with Gasteiger partial charge in [0.25, 0.3) is 0 Å². The van der Waals surface area contributed by atoms with E-state index >= 15 is 0 Å². The molecule has 1 aromatic carbocycles. The predicted molar refractivity (Wildman–Crippen MR) is 84.8 cm³/mol. The van der Waals surface area contributed by atoms with Crippen LogP contribution in [0.5, 0.6) is 0 Å². The average molecular weight is 284 g/mol. The van der Waals surface area contributed by atoms with Crippen LogP contribution in [-0.2, 0) is 11.3 Å². The van der Waals surface area contributed by atoms with E-state index in [4.69, 9.17) is 5.73 Å². The quantitative estimate of drug-likeness (QED) is 0.824. The summed E-state index contributed by atoms with van der Waals surface area (Å²) in [7, 11) is 1.90. The molecule has 2 rings (SSSR count). The Hall–Kier alpha value is -2.40. The van der Waals surface area contributed by atoms with E-state index in [1.54, 1.807) is 18.5 Å². The van der Waals surface area contributed by atoms with Crippen molar-refractivity contribution in [3.63, 3.8) is 0 Å². The number of anilines is 2. The van der Waals surface area contributed by atoms with Crippen molar-refractivity contribution in [1.82, 2.24) is 9.88 Å². The van der Waals surface area contributed by atoms with E-state index in [-0.39, 0.29) is 5.91 Å². The average Bonchev–Trinajstić information content (AvgIpc) is 2.44. The highest BCUT2D eigenvalue weighted by atomic mass is 16.2. The van der Waals surface area contributed by atoms with Crippen molar-refractivity contribution in [2.75, 3.05) is 24.6 Å². The summed E-state index contributed by atoms with van der Waals surface area (Å²) in [5, 5.41) is 2.87. The largest absolute Gasteiger partial charge is 0.397 e. The highest BCUT2D eigenvalue weighted by Gasteiger charge is 2.10. The molecular weight excluding hydrogens is 264 g/mol. The van der Waals surface area contributed by atoms with Gasteiger partial charge in [-0.1, -0.05) is 18.2 Å². The number of nitrogen functional groups attached to an aromatic ring is 1. The second-order valence-electron chi connectivity index (χ2n) is 5.12. The monoisotopic (exact) mass is 284 g/mol. The summed E-state index contributed by atoms with van der Waals surface area (Å²) in [4.78, 5) is 18.1. The van der Waals surface area contributed by atoms with Crippen LogP contribution in [0.1, 0.15) is 11.1 Å². The van der Waals surface area contributed by atoms with Crippen molar-refractivity contribution >= 4 is 17.3 Å². The fourth-order valence-electron chi connectivity index (χ4n) is 2.14. The van der Waals surface area contributed by atoms with Crippen LogP contribution in [0.3, 0.4) is 0 Å². The molecule has 1 amide bonds. The maximum Gasteiger partial charge on any atom is 0.238 e. The lowest BCUT2D eigenvalue weighted by Gasteiger charge is -2.17. The SMILES string of the molecule is Cc1cccc(N)c1NC(=O)CN(C)Cc1cccnc1. The van der Waals surface area contributed by atoms with Crippen LogP contribution in [0.4, 0.5) is 11.4 Å². The number of para-hydroxylation sites is 1. The number of nitrogens with zero attached hydrogens (tertiary/aromatic N) is 2. The Morgan fingerprint density at radius 2 is 2.14 bits per heavy atom. The fourth-order valence-corrected chi connectivity index (χ4v) is 2.14. The minimum absolute atomic E-state index is 0.0811. The number of rotatable bonds is 5. The number of likely N-dealkylation sites (N-methyl/N-ethyl adjacent to an activating group) is 1. The Morgan fingerprint density at radius 1 is 1.33 bits per heavy atom. The van der Waals surface area contributed by atoms with Gasteiger partial charge in [-0.15, -0.1) is 0 Å². The van der Waals surface area contributed by atoms with Crippen LogP contribution < -0.4 is 11.1 Å². The first-order valence-electron chi connectivity index (χ1n) is 6.78. The summed E-state index contributed by atoms with van der Waals surface area (Å²) in [6.07, 6.45) is 3.53. The molecule has 5 nitrogen and oxygen atoms in total. The van der Waals surface area contributed by atoms with E-state index in [1.165, 1.54) is 0 Å². The van der Waals surface area contributed by atoms with Gasteiger partial charge in [-0.05, 0) is 37.2 Å². The minimum atomic E-state index is -0.0811. The smallest absolute Gasteiger partial charge is 0.238 e. The second-order valence-corrected chi connectivity index (χ2v) is 5.12. The number of benzene rings is 1. The maximum absolute atomic E-state index is 12.1. The summed E-state index contributed by atoms with van der Waals surface area (Å²) < 4.78 is 0. The van der Waals surface area contributed by atoms with Crippen LogP contribution in [0.15, 0.2) is 42.7 Å². The number of pyridine rings is 1. The molecule has 0 aliphatic heterocycles. The van der Waals surface area contributed by atoms with E-state index in [0.717, 1.165) is 11.1 Å². The van der Waals surface area contributed by atoms with E-state index in [1.807, 2.05) is 43.1 Å². The lowest BCUT2D eigenvalue weighted by atomic mass is 10.1. The number of nitrogens with two attached hydrogens (primary N) is 1. The first-order chi connectivity index (χ1) is 10.1. The molecule has 0 aliphatic carbocycles. The number of hydrogen-bond acceptors (Lipinski definition) is 4. The fraction of sp³-hybridized carbons (Fsp3) is 0.250. The number of carbonyl (C=O) groups excluding carboxylic acids is 1. The van der Waals surface area contributed by atoms with Gasteiger partial charge in [-0.25, -0.2) is 0 Å². The van der Waals surface area contributed by atoms with Gasteiger partial charge in [0.05, 0.1) is 17.9 Å². The van der Waals surface area contributed by atoms with Gasteiger partial charge in [0.2, 0.25) is 5.91 Å². The van der Waals surface area contributed by atoms with Gasteiger partial charge in [0.1, 0.15) is 0 Å². The molecule has 5 heteroatoms. The van der Waals surface area contributed by atoms with E-state index in [0.29, 0.717) is 24.5 Å². The zero-order chi connectivity index (χ0) is 15.2. The van der Waals surface area contributed by atoms with Crippen molar-refractivity contribution in [3.8, 4) is 0 Å². The van der Waals surface area contributed by atoms with Crippen LogP contribution in [0, 0.1) is 6.92 Å². The molecule has 0 bridgehead atoms. The van der Waals surface area contributed by atoms with Crippen LogP contribution in [-0.4, -0.2) is 29.4 Å². The minimum Gasteiger partial charge on any atom is -0.397 e. The molecule has 0 aliphatic rings. The lowest BCUT2D eigenvalue weighted by Crippen LogP contribution is -2.30. The normalized spacial score (nSPS) is 10.6. The summed E-state index contributed by atoms with van der Waals surface area (Å²) in [6, 6.07) is 9.44. The van der Waals surface area contributed by atoms with Crippen molar-refractivity contribution in [1.29, 1.82) is 0 Å². The van der Waals surface area contributed by atoms with Crippen molar-refractivity contribution in [2.24, 2.45) is 0 Å². The van der Waals surface area contributed by atoms with Crippen molar-refractivity contribution in [3.05, 3.63) is 53.9 Å². The molecule has 3 N–H and O–H groups in total. The van der Waals surface area contributed by atoms with Gasteiger partial charge in [-0.2, -0.15) is 0 Å². The van der Waals surface area contributed by atoms with Gasteiger partial charge in [-0.3, -0.25) is 14.7 Å². The molecule has 1 aromatic heterocycles. The number of aryl methyl sites for hydroxylation is 1. The molecule has 0 spiro atoms. The third kappa shape index (κ3) is 4.29. The molecule has 1 heterocycles. The van der Waals surface area contributed by atoms with E-state index in [2.05, 4.69) is 10.3 Å². The Balaban J connectivity index is 1.92. The number of hydrogen-bond donors (Lipinski definition) is 2. The lowest BCUT2D eigenvalue weighted by molar-refractivity contribution is -0.117. The second kappa shape index (κ2) is 6.85. The third-order valence-electron chi connectivity index (χ3n) is 3.16. The molecule has 0 unspecified atom stereocenters. The van der Waals surface area contributed by atoms with Gasteiger partial charge in [0, 0.05) is 18.9 Å². The molecular formula is C16H20N4O. The van der Waals surface area contributed by atoms with E-state index < -0.39 is 0 Å². The topological polar surface area (TPSA) is 71.2 Å². The molecule has 2 aromatic rings. The standard InChI is InChI=1S/C16H20N4O/c1-12-5-3-7-14(17)16(12)19-15(21)11-20(2)10-13-6-4-8-18-9-13/h3-9H,10-11,17H2,1-2H3,(H,19,21). The zero-order valence-electron chi connectivity index (χ0n) is 12.3. The van der Waals surface area contributed by atoms with Gasteiger partial charge in [0.15, 0.2) is 0 Å². The highest BCUT2D eigenvalue weighted by molar-refractivity contribution is 5.96. The Bertz CT molecular complexity index is 593. The molecule has 21 heavy (non-hydrogen) atoms. The molecule has 0 fully saturated rings. The first-order valence-corrected chi connectivity index (χ1v) is 6.78. The van der Waals surface area contributed by atoms with Crippen molar-refractivity contribution in [2.45, 2.75) is 13.5 Å². The number of carbonyl (C=O) groups is 1. The summed E-state index contributed by atoms with van der Waals surface area (Å²) in [5.74, 6) is -0.0811. The predicted octanol–water partition coefficient (Wildman–Crippen LogP) is 2.04. The molecule has 0 atom stereocenters. The third-order valence-corrected chi connectivity index (χ3v) is 3.16. The molecule has 0 radical (unpaired) electrons. The molecule has 0 saturated heterocycles. The molecule has 110 valence electrons. The van der Waals surface area contributed by atoms with Crippen LogP contribution in [0.25, 0.3) is 0 Å². The Kier molecular flexibility index (Phi) is 4.90. The Labute approximate surface area is 124 Å². The van der Waals surface area contributed by atoms with Gasteiger partial charge >= 0.3 is 0 Å². The maximum atomic E-state index is 12.1. The zero-order valence-corrected chi connectivity index (χ0v) is 12.3. The summed E-state index contributed by atoms with van der Waals surface area (Å²) in [6.45, 7) is 2.89. The number of nitrogens with one attached hydrogen (secondary N) is 1. The summed E-state index contributed by atoms with van der Waals surface area (Å²) >= 11 is 0. The summed E-state index contributed by atoms with van der Waals surface area (Å²) in [5.41, 5.74) is 9.19. The van der Waals surface area contributed by atoms with E-state index in [9.17, 15) is 4.79 Å².